The maximum absolute atomic E-state index is 12.2. The Morgan fingerprint density at radius 2 is 1.62 bits per heavy atom. The maximum atomic E-state index is 12.2. The van der Waals surface area contributed by atoms with E-state index in [-0.39, 0.29) is 0 Å². The van der Waals surface area contributed by atoms with Gasteiger partial charge in [0.1, 0.15) is 5.75 Å². The first kappa shape index (κ1) is 17.6. The number of ether oxygens (including phenoxy) is 1. The molecule has 3 rings (SSSR count). The van der Waals surface area contributed by atoms with Crippen LogP contribution in [0.2, 0.25) is 0 Å². The fraction of sp³-hybridized carbons (Fsp3) is 0. The number of carbonyl (C=O) groups is 1. The molecule has 0 radical (unpaired) electrons. The summed E-state index contributed by atoms with van der Waals surface area (Å²) in [6.45, 7) is 0. The number of halogens is 1. The lowest BCUT2D eigenvalue weighted by atomic mass is 10.1. The van der Waals surface area contributed by atoms with Gasteiger partial charge in [-0.15, -0.1) is 0 Å². The Bertz CT molecular complexity index is 971. The van der Waals surface area contributed by atoms with E-state index in [9.17, 15) is 4.79 Å². The van der Waals surface area contributed by atoms with Crippen molar-refractivity contribution in [3.63, 3.8) is 0 Å². The summed E-state index contributed by atoms with van der Waals surface area (Å²) in [5, 5.41) is 8.79. The molecule has 0 spiro atoms. The molecule has 4 nitrogen and oxygen atoms in total. The molecule has 0 heterocycles. The van der Waals surface area contributed by atoms with Gasteiger partial charge in [-0.2, -0.15) is 5.26 Å². The highest BCUT2D eigenvalue weighted by molar-refractivity contribution is 9.10. The van der Waals surface area contributed by atoms with Gasteiger partial charge in [0.05, 0.1) is 22.9 Å². The molecule has 0 aromatic heterocycles. The highest BCUT2D eigenvalue weighted by Crippen LogP contribution is 2.19. The van der Waals surface area contributed by atoms with E-state index in [2.05, 4.69) is 27.0 Å². The number of benzene rings is 3. The van der Waals surface area contributed by atoms with Gasteiger partial charge >= 0.3 is 5.97 Å². The molecule has 3 aromatic rings. The van der Waals surface area contributed by atoms with Crippen molar-refractivity contribution in [1.29, 1.82) is 5.26 Å². The molecule has 126 valence electrons. The van der Waals surface area contributed by atoms with E-state index < -0.39 is 5.97 Å². The molecule has 0 bridgehead atoms. The second-order valence-corrected chi connectivity index (χ2v) is 6.30. The highest BCUT2D eigenvalue weighted by atomic mass is 79.9. The van der Waals surface area contributed by atoms with Crippen LogP contribution in [0.4, 0.5) is 5.69 Å². The topological polar surface area (TPSA) is 62.5 Å². The van der Waals surface area contributed by atoms with Gasteiger partial charge in [-0.05, 0) is 66.2 Å². The minimum Gasteiger partial charge on any atom is -0.423 e. The summed E-state index contributed by atoms with van der Waals surface area (Å²) in [5.41, 5.74) is 2.67. The van der Waals surface area contributed by atoms with Crippen molar-refractivity contribution in [1.82, 2.24) is 0 Å². The van der Waals surface area contributed by atoms with Crippen LogP contribution in [-0.4, -0.2) is 12.2 Å². The second kappa shape index (κ2) is 8.24. The third-order valence-electron chi connectivity index (χ3n) is 3.53. The van der Waals surface area contributed by atoms with Crippen LogP contribution in [0, 0.1) is 11.3 Å². The van der Waals surface area contributed by atoms with Crippen LogP contribution in [0.15, 0.2) is 82.3 Å². The van der Waals surface area contributed by atoms with Crippen molar-refractivity contribution < 1.29 is 9.53 Å². The summed E-state index contributed by atoms with van der Waals surface area (Å²) in [7, 11) is 0. The zero-order chi connectivity index (χ0) is 18.4. The third kappa shape index (κ3) is 4.65. The van der Waals surface area contributed by atoms with E-state index in [0.29, 0.717) is 16.9 Å². The summed E-state index contributed by atoms with van der Waals surface area (Å²) in [5.74, 6) is 0.0658. The van der Waals surface area contributed by atoms with E-state index in [1.165, 1.54) is 0 Å². The van der Waals surface area contributed by atoms with Crippen molar-refractivity contribution in [3.8, 4) is 11.8 Å². The molecule has 0 fully saturated rings. The molecule has 0 saturated carbocycles. The van der Waals surface area contributed by atoms with Gasteiger partial charge in [0.15, 0.2) is 0 Å². The first-order valence-electron chi connectivity index (χ1n) is 7.76. The first-order valence-corrected chi connectivity index (χ1v) is 8.55. The predicted molar refractivity (Wildman–Crippen MR) is 104 cm³/mol. The molecule has 5 heteroatoms. The monoisotopic (exact) mass is 404 g/mol. The number of carbonyl (C=O) groups excluding carboxylic acids is 1. The lowest BCUT2D eigenvalue weighted by Gasteiger charge is -2.04. The van der Waals surface area contributed by atoms with Crippen LogP contribution in [0.5, 0.6) is 5.75 Å². The average molecular weight is 405 g/mol. The van der Waals surface area contributed by atoms with Gasteiger partial charge in [0.25, 0.3) is 0 Å². The van der Waals surface area contributed by atoms with Crippen LogP contribution in [-0.2, 0) is 0 Å². The Morgan fingerprint density at radius 1 is 0.962 bits per heavy atom. The second-order valence-electron chi connectivity index (χ2n) is 5.38. The van der Waals surface area contributed by atoms with Crippen LogP contribution in [0.25, 0.3) is 0 Å². The largest absolute Gasteiger partial charge is 0.423 e. The Balaban J connectivity index is 1.65. The third-order valence-corrected chi connectivity index (χ3v) is 4.06. The molecule has 0 aliphatic rings. The molecular formula is C21H13BrN2O2. The summed E-state index contributed by atoms with van der Waals surface area (Å²) in [6.07, 6.45) is 1.70. The SMILES string of the molecule is N#Cc1ccc(C=Nc2ccc(C(=O)Oc3ccc(Br)cc3)cc2)cc1. The van der Waals surface area contributed by atoms with E-state index in [1.807, 2.05) is 24.3 Å². The van der Waals surface area contributed by atoms with Crippen molar-refractivity contribution in [3.05, 3.63) is 94.0 Å². The minimum atomic E-state index is -0.421. The van der Waals surface area contributed by atoms with Gasteiger partial charge in [0.2, 0.25) is 0 Å². The Morgan fingerprint density at radius 3 is 2.23 bits per heavy atom. The van der Waals surface area contributed by atoms with E-state index in [0.717, 1.165) is 15.7 Å². The normalized spacial score (nSPS) is 10.5. The van der Waals surface area contributed by atoms with Crippen LogP contribution >= 0.6 is 15.9 Å². The maximum Gasteiger partial charge on any atom is 0.343 e. The first-order chi connectivity index (χ1) is 12.6. The molecule has 0 aliphatic heterocycles. The molecule has 0 aliphatic carbocycles. The number of aliphatic imine (C=N–C) groups is 1. The summed E-state index contributed by atoms with van der Waals surface area (Å²) in [6, 6.07) is 23.1. The number of nitrogens with zero attached hydrogens (tertiary/aromatic N) is 2. The molecule has 0 saturated heterocycles. The predicted octanol–water partition coefficient (Wildman–Crippen LogP) is 5.29. The molecule has 3 aromatic carbocycles. The number of hydrogen-bond donors (Lipinski definition) is 0. The van der Waals surface area contributed by atoms with Crippen LogP contribution < -0.4 is 4.74 Å². The molecule has 0 N–H and O–H groups in total. The van der Waals surface area contributed by atoms with Gasteiger partial charge in [0, 0.05) is 10.7 Å². The highest BCUT2D eigenvalue weighted by Gasteiger charge is 2.08. The smallest absolute Gasteiger partial charge is 0.343 e. The summed E-state index contributed by atoms with van der Waals surface area (Å²) < 4.78 is 6.24. The molecule has 0 atom stereocenters. The quantitative estimate of drug-likeness (QED) is 0.337. The number of esters is 1. The van der Waals surface area contributed by atoms with Crippen molar-refractivity contribution >= 4 is 33.8 Å². The van der Waals surface area contributed by atoms with E-state index in [4.69, 9.17) is 10.00 Å². The average Bonchev–Trinajstić information content (AvgIpc) is 2.69. The van der Waals surface area contributed by atoms with Gasteiger partial charge in [-0.3, -0.25) is 4.99 Å². The molecule has 26 heavy (non-hydrogen) atoms. The summed E-state index contributed by atoms with van der Waals surface area (Å²) in [4.78, 5) is 16.5. The van der Waals surface area contributed by atoms with Crippen molar-refractivity contribution in [2.24, 2.45) is 4.99 Å². The standard InChI is InChI=1S/C21H13BrN2O2/c22-18-7-11-20(12-8-18)26-21(25)17-5-9-19(10-6-17)24-14-16-3-1-15(13-23)2-4-16/h1-12,14H. The van der Waals surface area contributed by atoms with Crippen molar-refractivity contribution in [2.75, 3.05) is 0 Å². The molecule has 0 amide bonds. The fourth-order valence-electron chi connectivity index (χ4n) is 2.14. The van der Waals surface area contributed by atoms with E-state index >= 15 is 0 Å². The molecular weight excluding hydrogens is 392 g/mol. The lowest BCUT2D eigenvalue weighted by molar-refractivity contribution is 0.0735. The van der Waals surface area contributed by atoms with Gasteiger partial charge in [-0.25, -0.2) is 4.79 Å². The van der Waals surface area contributed by atoms with Crippen LogP contribution in [0.1, 0.15) is 21.5 Å². The zero-order valence-corrected chi connectivity index (χ0v) is 15.2. The van der Waals surface area contributed by atoms with Crippen LogP contribution in [0.3, 0.4) is 0 Å². The van der Waals surface area contributed by atoms with E-state index in [1.54, 1.807) is 54.7 Å². The van der Waals surface area contributed by atoms with Gasteiger partial charge in [-0.1, -0.05) is 28.1 Å². The van der Waals surface area contributed by atoms with Crippen molar-refractivity contribution in [2.45, 2.75) is 0 Å². The number of rotatable bonds is 4. The fourth-order valence-corrected chi connectivity index (χ4v) is 2.41. The Kier molecular flexibility index (Phi) is 5.57. The molecule has 0 unspecified atom stereocenters. The number of hydrogen-bond acceptors (Lipinski definition) is 4. The Hall–Kier alpha value is -3.23. The van der Waals surface area contributed by atoms with Gasteiger partial charge < -0.3 is 4.74 Å². The number of nitriles is 1. The Labute approximate surface area is 159 Å². The summed E-state index contributed by atoms with van der Waals surface area (Å²) >= 11 is 3.34. The zero-order valence-electron chi connectivity index (χ0n) is 13.6. The lowest BCUT2D eigenvalue weighted by Crippen LogP contribution is -2.07. The minimum absolute atomic E-state index is 0.421.